The number of hydrogen-bond acceptors (Lipinski definition) is 0. The fourth-order valence-corrected chi connectivity index (χ4v) is 3.80. The van der Waals surface area contributed by atoms with Gasteiger partial charge in [0.2, 0.25) is 0 Å². The fourth-order valence-electron chi connectivity index (χ4n) is 3.43. The minimum atomic E-state index is -0.171. The first-order valence-electron chi connectivity index (χ1n) is 17.2. The zero-order chi connectivity index (χ0) is 39.7. The molecule has 0 saturated carbocycles. The molecule has 0 aliphatic heterocycles. The fraction of sp³-hybridized carbons (Fsp3) is 0.213. The highest BCUT2D eigenvalue weighted by Gasteiger charge is 1.87. The van der Waals surface area contributed by atoms with Gasteiger partial charge in [0, 0.05) is 10.0 Å². The van der Waals surface area contributed by atoms with Crippen molar-refractivity contribution in [3.63, 3.8) is 0 Å². The van der Waals surface area contributed by atoms with Crippen LogP contribution in [0.5, 0.6) is 0 Å². The number of nitrogens with zero attached hydrogens (tertiary/aromatic N) is 1. The maximum Gasteiger partial charge on any atom is 0.187 e. The Labute approximate surface area is 323 Å². The molecule has 0 heterocycles. The first-order chi connectivity index (χ1) is 24.9. The summed E-state index contributed by atoms with van der Waals surface area (Å²) in [5, 5.41) is 1.61. The standard InChI is InChI=1S/C8H7N.2C7H7Cl.2C7H7F.C7H8.2C2H6/c1-7-3-5-8(9-2)6-4-7;1-6-2-4-7(8)5-3-6;1-6-3-2-4-7(8)5-6;1-6-2-4-7(8)5-3-6;1-6-3-2-4-7(8)5-6;1-7-5-3-2-4-6-7;2*1-2/h3-6H,1H3;4*2-5H,1H3;2-6H,1H3;2*1-2H3. The summed E-state index contributed by atoms with van der Waals surface area (Å²) in [4.78, 5) is 3.26. The van der Waals surface area contributed by atoms with E-state index in [1.54, 1.807) is 18.2 Å². The molecular formula is C47H55Cl2F2N. The van der Waals surface area contributed by atoms with Gasteiger partial charge in [-0.05, 0) is 101 Å². The highest BCUT2D eigenvalue weighted by atomic mass is 35.5. The highest BCUT2D eigenvalue weighted by Crippen LogP contribution is 2.11. The molecule has 0 fully saturated rings. The summed E-state index contributed by atoms with van der Waals surface area (Å²) in [7, 11) is 0. The third-order valence-electron chi connectivity index (χ3n) is 6.09. The third kappa shape index (κ3) is 29.0. The first kappa shape index (κ1) is 49.4. The van der Waals surface area contributed by atoms with E-state index in [2.05, 4.69) is 23.9 Å². The van der Waals surface area contributed by atoms with Crippen molar-refractivity contribution in [2.45, 2.75) is 69.2 Å². The molecule has 0 N–H and O–H groups in total. The van der Waals surface area contributed by atoms with E-state index in [-0.39, 0.29) is 11.6 Å². The predicted molar refractivity (Wildman–Crippen MR) is 226 cm³/mol. The second kappa shape index (κ2) is 32.2. The van der Waals surface area contributed by atoms with E-state index in [1.165, 1.54) is 46.5 Å². The van der Waals surface area contributed by atoms with E-state index in [4.69, 9.17) is 29.8 Å². The van der Waals surface area contributed by atoms with Crippen LogP contribution in [0.2, 0.25) is 10.0 Å². The van der Waals surface area contributed by atoms with Crippen molar-refractivity contribution < 1.29 is 8.78 Å². The van der Waals surface area contributed by atoms with Crippen LogP contribution in [0, 0.1) is 59.7 Å². The molecule has 276 valence electrons. The van der Waals surface area contributed by atoms with E-state index in [1.807, 2.05) is 159 Å². The Kier molecular flexibility index (Phi) is 30.5. The van der Waals surface area contributed by atoms with E-state index in [0.717, 1.165) is 21.2 Å². The summed E-state index contributed by atoms with van der Waals surface area (Å²) >= 11 is 11.3. The largest absolute Gasteiger partial charge is 0.238 e. The van der Waals surface area contributed by atoms with Crippen LogP contribution in [0.3, 0.4) is 0 Å². The summed E-state index contributed by atoms with van der Waals surface area (Å²) in [6.45, 7) is 26.6. The monoisotopic (exact) mass is 741 g/mol. The molecule has 0 aliphatic carbocycles. The Morgan fingerprint density at radius 3 is 1.06 bits per heavy atom. The second-order valence-electron chi connectivity index (χ2n) is 10.8. The normalized spacial score (nSPS) is 8.56. The first-order valence-corrected chi connectivity index (χ1v) is 18.0. The number of hydrogen-bond donors (Lipinski definition) is 0. The number of rotatable bonds is 0. The van der Waals surface area contributed by atoms with Crippen molar-refractivity contribution in [1.29, 1.82) is 0 Å². The maximum absolute atomic E-state index is 12.2. The molecule has 0 bridgehead atoms. The SMILES string of the molecule is CC.CC.Cc1ccc(Cl)cc1.Cc1ccc(F)cc1.Cc1cccc(Cl)c1.Cc1cccc(F)c1.Cc1ccccc1.[C-]#[N+]c1ccc(C)cc1. The maximum atomic E-state index is 12.2. The smallest absolute Gasteiger partial charge is 0.187 e. The van der Waals surface area contributed by atoms with Crippen LogP contribution in [0.15, 0.2) is 152 Å². The van der Waals surface area contributed by atoms with Gasteiger partial charge in [0.25, 0.3) is 0 Å². The molecule has 0 unspecified atom stereocenters. The molecule has 0 saturated heterocycles. The summed E-state index contributed by atoms with van der Waals surface area (Å²) in [6, 6.07) is 46.2. The van der Waals surface area contributed by atoms with Crippen molar-refractivity contribution in [1.82, 2.24) is 0 Å². The molecule has 52 heavy (non-hydrogen) atoms. The van der Waals surface area contributed by atoms with Crippen molar-refractivity contribution in [2.24, 2.45) is 0 Å². The van der Waals surface area contributed by atoms with Gasteiger partial charge in [0.1, 0.15) is 11.6 Å². The summed E-state index contributed by atoms with van der Waals surface area (Å²) < 4.78 is 24.3. The third-order valence-corrected chi connectivity index (χ3v) is 6.57. The molecule has 6 rings (SSSR count). The Morgan fingerprint density at radius 1 is 0.385 bits per heavy atom. The molecule has 0 spiro atoms. The lowest BCUT2D eigenvalue weighted by Crippen LogP contribution is -1.72. The molecule has 6 aromatic carbocycles. The Bertz CT molecular complexity index is 1580. The molecule has 0 radical (unpaired) electrons. The summed E-state index contributed by atoms with van der Waals surface area (Å²) in [6.07, 6.45) is 0. The van der Waals surface area contributed by atoms with Crippen molar-refractivity contribution in [2.75, 3.05) is 0 Å². The lowest BCUT2D eigenvalue weighted by atomic mass is 10.2. The van der Waals surface area contributed by atoms with Crippen LogP contribution in [0.4, 0.5) is 14.5 Å². The van der Waals surface area contributed by atoms with Crippen molar-refractivity contribution >= 4 is 28.9 Å². The van der Waals surface area contributed by atoms with Gasteiger partial charge in [0.05, 0.1) is 6.57 Å². The zero-order valence-corrected chi connectivity index (χ0v) is 33.9. The van der Waals surface area contributed by atoms with Gasteiger partial charge >= 0.3 is 0 Å². The van der Waals surface area contributed by atoms with Crippen LogP contribution in [0.1, 0.15) is 61.1 Å². The average molecular weight is 743 g/mol. The molecular weight excluding hydrogens is 687 g/mol. The molecule has 0 atom stereocenters. The van der Waals surface area contributed by atoms with Crippen LogP contribution < -0.4 is 0 Å². The molecule has 6 aromatic rings. The van der Waals surface area contributed by atoms with Crippen molar-refractivity contribution in [3.8, 4) is 0 Å². The molecule has 0 aliphatic rings. The van der Waals surface area contributed by atoms with Gasteiger partial charge in [-0.2, -0.15) is 0 Å². The quantitative estimate of drug-likeness (QED) is 0.137. The summed E-state index contributed by atoms with van der Waals surface area (Å²) in [5.41, 5.74) is 7.73. The average Bonchev–Trinajstić information content (AvgIpc) is 3.14. The number of benzene rings is 6. The van der Waals surface area contributed by atoms with Gasteiger partial charge in [-0.25, -0.2) is 13.6 Å². The molecule has 1 nitrogen and oxygen atoms in total. The Hall–Kier alpha value is -4.75. The van der Waals surface area contributed by atoms with Gasteiger partial charge in [0.15, 0.2) is 5.69 Å². The number of halogens is 4. The predicted octanol–water partition coefficient (Wildman–Crippen LogP) is 16.2. The zero-order valence-electron chi connectivity index (χ0n) is 32.4. The minimum Gasteiger partial charge on any atom is -0.238 e. The van der Waals surface area contributed by atoms with Gasteiger partial charge in [-0.3, -0.25) is 0 Å². The minimum absolute atomic E-state index is 0.162. The molecule has 0 aromatic heterocycles. The lowest BCUT2D eigenvalue weighted by molar-refractivity contribution is 0.626. The number of aryl methyl sites for hydroxylation is 6. The van der Waals surface area contributed by atoms with Crippen LogP contribution >= 0.6 is 23.2 Å². The van der Waals surface area contributed by atoms with E-state index in [0.29, 0.717) is 5.69 Å². The molecule has 5 heteroatoms. The van der Waals surface area contributed by atoms with Crippen molar-refractivity contribution in [3.05, 3.63) is 218 Å². The Balaban J connectivity index is 0. The van der Waals surface area contributed by atoms with Crippen LogP contribution in [-0.2, 0) is 0 Å². The van der Waals surface area contributed by atoms with Gasteiger partial charge in [-0.1, -0.05) is 176 Å². The second-order valence-corrected chi connectivity index (χ2v) is 11.7. The highest BCUT2D eigenvalue weighted by molar-refractivity contribution is 6.30. The summed E-state index contributed by atoms with van der Waals surface area (Å²) in [5.74, 6) is -0.333. The Morgan fingerprint density at radius 2 is 0.769 bits per heavy atom. The topological polar surface area (TPSA) is 4.36 Å². The van der Waals surface area contributed by atoms with E-state index >= 15 is 0 Å². The van der Waals surface area contributed by atoms with Crippen LogP contribution in [-0.4, -0.2) is 0 Å². The van der Waals surface area contributed by atoms with E-state index in [9.17, 15) is 8.78 Å². The van der Waals surface area contributed by atoms with Gasteiger partial charge in [-0.15, -0.1) is 0 Å². The van der Waals surface area contributed by atoms with Crippen LogP contribution in [0.25, 0.3) is 4.85 Å². The lowest BCUT2D eigenvalue weighted by Gasteiger charge is -1.88. The van der Waals surface area contributed by atoms with E-state index < -0.39 is 0 Å². The molecule has 0 amide bonds. The van der Waals surface area contributed by atoms with Gasteiger partial charge < -0.3 is 0 Å².